The van der Waals surface area contributed by atoms with E-state index in [1.54, 1.807) is 18.1 Å². The van der Waals surface area contributed by atoms with Gasteiger partial charge in [0.2, 0.25) is 5.91 Å². The van der Waals surface area contributed by atoms with Crippen LogP contribution in [0.15, 0.2) is 36.4 Å². The summed E-state index contributed by atoms with van der Waals surface area (Å²) in [5.74, 6) is -1.66. The molecule has 1 amide bonds. The summed E-state index contributed by atoms with van der Waals surface area (Å²) in [6.45, 7) is 3.07. The lowest BCUT2D eigenvalue weighted by molar-refractivity contribution is -0.130. The van der Waals surface area contributed by atoms with Gasteiger partial charge in [0, 0.05) is 38.3 Å². The number of hydrogen-bond acceptors (Lipinski definition) is 3. The molecule has 0 N–H and O–H groups in total. The molecule has 0 atom stereocenters. The normalized spacial score (nSPS) is 15.4. The second-order valence-electron chi connectivity index (χ2n) is 6.89. The van der Waals surface area contributed by atoms with Gasteiger partial charge in [0.25, 0.3) is 0 Å². The van der Waals surface area contributed by atoms with Crippen molar-refractivity contribution in [3.63, 3.8) is 0 Å². The molecule has 4 nitrogen and oxygen atoms in total. The standard InChI is InChI=1S/C21H23F3N2O2/c1-28-20-6-4-17(22)13-16(20)14-25-7-2-8-26(10-9-25)21(27)12-15-3-5-18(23)19(24)11-15/h3-6,11,13H,2,7-10,12,14H2,1H3. The van der Waals surface area contributed by atoms with Gasteiger partial charge in [-0.05, 0) is 42.3 Å². The maximum atomic E-state index is 13.6. The quantitative estimate of drug-likeness (QED) is 0.782. The summed E-state index contributed by atoms with van der Waals surface area (Å²) in [7, 11) is 1.55. The number of hydrogen-bond donors (Lipinski definition) is 0. The number of amides is 1. The second-order valence-corrected chi connectivity index (χ2v) is 6.89. The zero-order chi connectivity index (χ0) is 20.1. The number of halogens is 3. The van der Waals surface area contributed by atoms with E-state index < -0.39 is 11.6 Å². The van der Waals surface area contributed by atoms with Gasteiger partial charge in [-0.2, -0.15) is 0 Å². The van der Waals surface area contributed by atoms with Crippen molar-refractivity contribution in [1.29, 1.82) is 0 Å². The summed E-state index contributed by atoms with van der Waals surface area (Å²) < 4.78 is 45.2. The lowest BCUT2D eigenvalue weighted by Gasteiger charge is -2.23. The molecule has 28 heavy (non-hydrogen) atoms. The molecule has 2 aromatic rings. The largest absolute Gasteiger partial charge is 0.496 e. The third-order valence-corrected chi connectivity index (χ3v) is 4.92. The zero-order valence-corrected chi connectivity index (χ0v) is 15.8. The van der Waals surface area contributed by atoms with Gasteiger partial charge < -0.3 is 9.64 Å². The van der Waals surface area contributed by atoms with E-state index in [1.807, 2.05) is 0 Å². The van der Waals surface area contributed by atoms with E-state index in [2.05, 4.69) is 4.90 Å². The molecule has 0 aliphatic carbocycles. The average molecular weight is 392 g/mol. The van der Waals surface area contributed by atoms with Gasteiger partial charge in [0.15, 0.2) is 11.6 Å². The van der Waals surface area contributed by atoms with Gasteiger partial charge in [-0.1, -0.05) is 6.07 Å². The molecule has 1 saturated heterocycles. The first-order valence-corrected chi connectivity index (χ1v) is 9.22. The summed E-state index contributed by atoms with van der Waals surface area (Å²) in [6, 6.07) is 7.97. The highest BCUT2D eigenvalue weighted by Crippen LogP contribution is 2.22. The summed E-state index contributed by atoms with van der Waals surface area (Å²) in [6.07, 6.45) is 0.816. The number of carbonyl (C=O) groups excluding carboxylic acids is 1. The maximum absolute atomic E-state index is 13.6. The Hall–Kier alpha value is -2.54. The molecule has 1 aliphatic heterocycles. The Morgan fingerprint density at radius 3 is 2.57 bits per heavy atom. The molecular weight excluding hydrogens is 369 g/mol. The number of carbonyl (C=O) groups is 1. The van der Waals surface area contributed by atoms with Crippen molar-refractivity contribution < 1.29 is 22.7 Å². The molecule has 0 radical (unpaired) electrons. The third kappa shape index (κ3) is 5.04. The zero-order valence-electron chi connectivity index (χ0n) is 15.8. The van der Waals surface area contributed by atoms with Crippen molar-refractivity contribution >= 4 is 5.91 Å². The number of nitrogens with zero attached hydrogens (tertiary/aromatic N) is 2. The van der Waals surface area contributed by atoms with E-state index in [4.69, 9.17) is 4.74 Å². The SMILES string of the molecule is COc1ccc(F)cc1CN1CCCN(C(=O)Cc2ccc(F)c(F)c2)CC1. The topological polar surface area (TPSA) is 32.8 Å². The Morgan fingerprint density at radius 1 is 1.00 bits per heavy atom. The molecule has 0 saturated carbocycles. The van der Waals surface area contributed by atoms with E-state index in [0.717, 1.165) is 30.7 Å². The van der Waals surface area contributed by atoms with Crippen molar-refractivity contribution in [1.82, 2.24) is 9.80 Å². The van der Waals surface area contributed by atoms with E-state index in [-0.39, 0.29) is 18.1 Å². The van der Waals surface area contributed by atoms with Crippen LogP contribution in [0, 0.1) is 17.5 Å². The van der Waals surface area contributed by atoms with Gasteiger partial charge in [-0.15, -0.1) is 0 Å². The molecular formula is C21H23F3N2O2. The highest BCUT2D eigenvalue weighted by Gasteiger charge is 2.20. The van der Waals surface area contributed by atoms with Crippen molar-refractivity contribution in [2.45, 2.75) is 19.4 Å². The van der Waals surface area contributed by atoms with Crippen molar-refractivity contribution in [3.05, 3.63) is 65.0 Å². The lowest BCUT2D eigenvalue weighted by Crippen LogP contribution is -2.36. The van der Waals surface area contributed by atoms with Crippen LogP contribution in [0.4, 0.5) is 13.2 Å². The van der Waals surface area contributed by atoms with Crippen LogP contribution in [0.2, 0.25) is 0 Å². The molecule has 2 aromatic carbocycles. The van der Waals surface area contributed by atoms with Crippen LogP contribution in [0.5, 0.6) is 5.75 Å². The van der Waals surface area contributed by atoms with Crippen molar-refractivity contribution in [2.24, 2.45) is 0 Å². The van der Waals surface area contributed by atoms with Crippen LogP contribution in [-0.2, 0) is 17.8 Å². The fourth-order valence-corrected chi connectivity index (χ4v) is 3.43. The maximum Gasteiger partial charge on any atom is 0.227 e. The van der Waals surface area contributed by atoms with Gasteiger partial charge in [0.1, 0.15) is 11.6 Å². The molecule has 150 valence electrons. The van der Waals surface area contributed by atoms with E-state index in [1.165, 1.54) is 18.2 Å². The van der Waals surface area contributed by atoms with Crippen LogP contribution in [-0.4, -0.2) is 49.0 Å². The van der Waals surface area contributed by atoms with Crippen molar-refractivity contribution in [2.75, 3.05) is 33.3 Å². The first kappa shape index (κ1) is 20.2. The van der Waals surface area contributed by atoms with Gasteiger partial charge in [0.05, 0.1) is 13.5 Å². The molecule has 0 spiro atoms. The molecule has 1 heterocycles. The van der Waals surface area contributed by atoms with Gasteiger partial charge >= 0.3 is 0 Å². The summed E-state index contributed by atoms with van der Waals surface area (Å²) >= 11 is 0. The van der Waals surface area contributed by atoms with E-state index in [9.17, 15) is 18.0 Å². The van der Waals surface area contributed by atoms with Crippen LogP contribution in [0.25, 0.3) is 0 Å². The van der Waals surface area contributed by atoms with E-state index >= 15 is 0 Å². The van der Waals surface area contributed by atoms with Gasteiger partial charge in [-0.25, -0.2) is 13.2 Å². The number of benzene rings is 2. The Bertz CT molecular complexity index is 844. The summed E-state index contributed by atoms with van der Waals surface area (Å²) in [5, 5.41) is 0. The monoisotopic (exact) mass is 392 g/mol. The molecule has 3 rings (SSSR count). The molecule has 7 heteroatoms. The molecule has 1 fully saturated rings. The predicted molar refractivity (Wildman–Crippen MR) is 99.5 cm³/mol. The second kappa shape index (κ2) is 9.10. The number of ether oxygens (including phenoxy) is 1. The van der Waals surface area contributed by atoms with E-state index in [0.29, 0.717) is 37.5 Å². The van der Waals surface area contributed by atoms with Crippen LogP contribution >= 0.6 is 0 Å². The minimum atomic E-state index is -0.948. The highest BCUT2D eigenvalue weighted by atomic mass is 19.2. The summed E-state index contributed by atoms with van der Waals surface area (Å²) in [5.41, 5.74) is 1.22. The Morgan fingerprint density at radius 2 is 1.82 bits per heavy atom. The minimum Gasteiger partial charge on any atom is -0.496 e. The average Bonchev–Trinajstić information content (AvgIpc) is 2.91. The van der Waals surface area contributed by atoms with Crippen LogP contribution in [0.3, 0.4) is 0 Å². The highest BCUT2D eigenvalue weighted by molar-refractivity contribution is 5.78. The first-order valence-electron chi connectivity index (χ1n) is 9.22. The van der Waals surface area contributed by atoms with Gasteiger partial charge in [-0.3, -0.25) is 9.69 Å². The number of rotatable bonds is 5. The predicted octanol–water partition coefficient (Wildman–Crippen LogP) is 3.39. The Kier molecular flexibility index (Phi) is 6.57. The lowest BCUT2D eigenvalue weighted by atomic mass is 10.1. The Labute approximate surface area is 162 Å². The smallest absolute Gasteiger partial charge is 0.227 e. The molecule has 0 aromatic heterocycles. The molecule has 0 bridgehead atoms. The van der Waals surface area contributed by atoms with Crippen LogP contribution < -0.4 is 4.74 Å². The minimum absolute atomic E-state index is 0.0366. The number of methoxy groups -OCH3 is 1. The molecule has 1 aliphatic rings. The first-order chi connectivity index (χ1) is 13.5. The fourth-order valence-electron chi connectivity index (χ4n) is 3.43. The summed E-state index contributed by atoms with van der Waals surface area (Å²) in [4.78, 5) is 16.4. The van der Waals surface area contributed by atoms with Crippen molar-refractivity contribution in [3.8, 4) is 5.75 Å². The third-order valence-electron chi connectivity index (χ3n) is 4.92. The Balaban J connectivity index is 1.59. The molecule has 0 unspecified atom stereocenters. The van der Waals surface area contributed by atoms with Crippen LogP contribution in [0.1, 0.15) is 17.5 Å². The fraction of sp³-hybridized carbons (Fsp3) is 0.381.